The fraction of sp³-hybridized carbons (Fsp3) is 0.571. The van der Waals surface area contributed by atoms with Gasteiger partial charge in [-0.15, -0.1) is 0 Å². The molecule has 0 aliphatic carbocycles. The van der Waals surface area contributed by atoms with Gasteiger partial charge in [-0.05, 0) is 13.8 Å². The maximum atomic E-state index is 8.88. The van der Waals surface area contributed by atoms with Crippen LogP contribution in [0.2, 0.25) is 0 Å². The third-order valence-corrected chi connectivity index (χ3v) is 1.48. The zero-order valence-electron chi connectivity index (χ0n) is 8.24. The van der Waals surface area contributed by atoms with Crippen LogP contribution in [0.5, 0.6) is 0 Å². The van der Waals surface area contributed by atoms with Gasteiger partial charge in [0, 0.05) is 0 Å². The van der Waals surface area contributed by atoms with Crippen molar-refractivity contribution < 1.29 is 23.8 Å². The summed E-state index contributed by atoms with van der Waals surface area (Å²) in [4.78, 5) is 21.6. The molecular weight excluding hydrogens is 207 g/mol. The van der Waals surface area contributed by atoms with E-state index in [-0.39, 0.29) is 0 Å². The molecule has 7 heteroatoms. The molecule has 82 valence electrons. The number of hydrogen-bond donors (Lipinski definition) is 3. The molecule has 0 aliphatic rings. The van der Waals surface area contributed by atoms with Crippen molar-refractivity contribution in [2.45, 2.75) is 26.9 Å². The summed E-state index contributed by atoms with van der Waals surface area (Å²) in [5.74, 6) is 0. The lowest BCUT2D eigenvalue weighted by atomic mass is 10.7. The van der Waals surface area contributed by atoms with Crippen LogP contribution < -0.4 is 4.57 Å². The average Bonchev–Trinajstić information content (AvgIpc) is 2.48. The van der Waals surface area contributed by atoms with Crippen molar-refractivity contribution in [3.05, 3.63) is 18.7 Å². The second-order valence-corrected chi connectivity index (χ2v) is 3.61. The molecule has 0 saturated heterocycles. The minimum Gasteiger partial charge on any atom is -0.303 e. The molecule has 3 N–H and O–H groups in total. The second-order valence-electron chi connectivity index (χ2n) is 2.59. The molecule has 1 rings (SSSR count). The van der Waals surface area contributed by atoms with Gasteiger partial charge in [-0.2, -0.15) is 0 Å². The van der Waals surface area contributed by atoms with E-state index in [1.807, 2.05) is 0 Å². The van der Waals surface area contributed by atoms with Crippen LogP contribution in [0.4, 0.5) is 0 Å². The first-order valence-corrected chi connectivity index (χ1v) is 5.76. The van der Waals surface area contributed by atoms with Crippen LogP contribution in [0, 0.1) is 0 Å². The molecule has 0 radical (unpaired) electrons. The number of aromatic nitrogens is 2. The molecule has 0 aromatic carbocycles. The summed E-state index contributed by atoms with van der Waals surface area (Å²) in [6.45, 7) is 6.40. The first-order valence-electron chi connectivity index (χ1n) is 4.20. The highest BCUT2D eigenvalue weighted by atomic mass is 31.2. The zero-order chi connectivity index (χ0) is 11.2. The Morgan fingerprint density at radius 3 is 2.07 bits per heavy atom. The van der Waals surface area contributed by atoms with Gasteiger partial charge in [0.1, 0.15) is 12.4 Å². The molecule has 0 amide bonds. The molecule has 0 saturated carbocycles. The highest BCUT2D eigenvalue weighted by molar-refractivity contribution is 7.45. The topological polar surface area (TPSA) is 86.6 Å². The van der Waals surface area contributed by atoms with Crippen LogP contribution >= 0.6 is 7.82 Å². The SMILES string of the molecule is CCn1cc[n+](CC)c1.O=P(O)(O)O. The lowest BCUT2D eigenvalue weighted by Crippen LogP contribution is -2.28. The van der Waals surface area contributed by atoms with Gasteiger partial charge in [-0.25, -0.2) is 13.7 Å². The van der Waals surface area contributed by atoms with Gasteiger partial charge in [0.05, 0.1) is 13.1 Å². The fourth-order valence-corrected chi connectivity index (χ4v) is 0.813. The van der Waals surface area contributed by atoms with Crippen LogP contribution in [0.3, 0.4) is 0 Å². The van der Waals surface area contributed by atoms with E-state index in [9.17, 15) is 0 Å². The first-order chi connectivity index (χ1) is 6.36. The predicted molar refractivity (Wildman–Crippen MR) is 50.2 cm³/mol. The summed E-state index contributed by atoms with van der Waals surface area (Å²) in [5, 5.41) is 0. The van der Waals surface area contributed by atoms with Gasteiger partial charge in [-0.1, -0.05) is 0 Å². The number of hydrogen-bond acceptors (Lipinski definition) is 1. The predicted octanol–water partition coefficient (Wildman–Crippen LogP) is -0.113. The van der Waals surface area contributed by atoms with Gasteiger partial charge in [0.25, 0.3) is 0 Å². The molecule has 14 heavy (non-hydrogen) atoms. The van der Waals surface area contributed by atoms with Crippen LogP contribution in [-0.2, 0) is 17.7 Å². The van der Waals surface area contributed by atoms with Crippen LogP contribution in [0.25, 0.3) is 0 Å². The molecule has 0 aliphatic heterocycles. The molecule has 0 atom stereocenters. The van der Waals surface area contributed by atoms with Crippen molar-refractivity contribution in [2.24, 2.45) is 0 Å². The molecule has 6 nitrogen and oxygen atoms in total. The summed E-state index contributed by atoms with van der Waals surface area (Å²) >= 11 is 0. The summed E-state index contributed by atoms with van der Waals surface area (Å²) in [5.41, 5.74) is 0. The smallest absolute Gasteiger partial charge is 0.303 e. The Morgan fingerprint density at radius 2 is 1.86 bits per heavy atom. The minimum atomic E-state index is -4.64. The van der Waals surface area contributed by atoms with Gasteiger partial charge < -0.3 is 14.7 Å². The molecule has 0 fully saturated rings. The molecular formula is C7H16N2O4P+. The monoisotopic (exact) mass is 223 g/mol. The van der Waals surface area contributed by atoms with Gasteiger partial charge >= 0.3 is 7.82 Å². The Balaban J connectivity index is 0.000000292. The molecule has 1 heterocycles. The lowest BCUT2D eigenvalue weighted by molar-refractivity contribution is -0.693. The van der Waals surface area contributed by atoms with E-state index in [0.717, 1.165) is 13.1 Å². The van der Waals surface area contributed by atoms with E-state index in [4.69, 9.17) is 19.2 Å². The third kappa shape index (κ3) is 7.94. The molecule has 1 aromatic rings. The van der Waals surface area contributed by atoms with Crippen molar-refractivity contribution in [3.63, 3.8) is 0 Å². The maximum absolute atomic E-state index is 8.88. The average molecular weight is 223 g/mol. The lowest BCUT2D eigenvalue weighted by Gasteiger charge is -1.84. The Hall–Kier alpha value is -0.680. The van der Waals surface area contributed by atoms with E-state index < -0.39 is 7.82 Å². The Labute approximate surface area is 82.7 Å². The molecule has 0 bridgehead atoms. The Kier molecular flexibility index (Phi) is 5.64. The van der Waals surface area contributed by atoms with Crippen LogP contribution in [0.15, 0.2) is 18.7 Å². The van der Waals surface area contributed by atoms with Crippen molar-refractivity contribution in [1.29, 1.82) is 0 Å². The van der Waals surface area contributed by atoms with Crippen LogP contribution in [-0.4, -0.2) is 19.2 Å². The third-order valence-electron chi connectivity index (χ3n) is 1.48. The highest BCUT2D eigenvalue weighted by Gasteiger charge is 2.00. The van der Waals surface area contributed by atoms with Gasteiger partial charge in [0.2, 0.25) is 6.33 Å². The van der Waals surface area contributed by atoms with Crippen LogP contribution in [0.1, 0.15) is 13.8 Å². The van der Waals surface area contributed by atoms with Crippen molar-refractivity contribution in [1.82, 2.24) is 4.57 Å². The van der Waals surface area contributed by atoms with E-state index in [1.54, 1.807) is 0 Å². The maximum Gasteiger partial charge on any atom is 0.466 e. The fourth-order valence-electron chi connectivity index (χ4n) is 0.813. The Morgan fingerprint density at radius 1 is 1.36 bits per heavy atom. The highest BCUT2D eigenvalue weighted by Crippen LogP contribution is 2.25. The number of imidazole rings is 1. The zero-order valence-corrected chi connectivity index (χ0v) is 9.13. The van der Waals surface area contributed by atoms with Gasteiger partial charge in [0.15, 0.2) is 0 Å². The summed E-state index contributed by atoms with van der Waals surface area (Å²) < 4.78 is 13.2. The summed E-state index contributed by atoms with van der Waals surface area (Å²) in [6, 6.07) is 0. The summed E-state index contributed by atoms with van der Waals surface area (Å²) in [6.07, 6.45) is 6.28. The van der Waals surface area contributed by atoms with Gasteiger partial charge in [-0.3, -0.25) is 0 Å². The number of nitrogens with zero attached hydrogens (tertiary/aromatic N) is 2. The quantitative estimate of drug-likeness (QED) is 0.482. The Bertz CT molecular complexity index is 280. The minimum absolute atomic E-state index is 1.06. The molecule has 0 spiro atoms. The standard InChI is InChI=1S/C7H13N2.H3O4P/c1-3-8-5-6-9(4-2)7-8;1-5(2,3)4/h5-7H,3-4H2,1-2H3;(H3,1,2,3,4)/q+1;. The second kappa shape index (κ2) is 5.93. The number of rotatable bonds is 2. The summed E-state index contributed by atoms with van der Waals surface area (Å²) in [7, 11) is -4.64. The molecule has 1 aromatic heterocycles. The van der Waals surface area contributed by atoms with Crippen molar-refractivity contribution >= 4 is 7.82 Å². The first kappa shape index (κ1) is 13.3. The largest absolute Gasteiger partial charge is 0.466 e. The molecule has 0 unspecified atom stereocenters. The van der Waals surface area contributed by atoms with Crippen molar-refractivity contribution in [2.75, 3.05) is 0 Å². The number of phosphoric acid groups is 1. The van der Waals surface area contributed by atoms with E-state index >= 15 is 0 Å². The van der Waals surface area contributed by atoms with E-state index in [0.29, 0.717) is 0 Å². The number of aryl methyl sites for hydroxylation is 2. The van der Waals surface area contributed by atoms with Crippen molar-refractivity contribution in [3.8, 4) is 0 Å². The van der Waals surface area contributed by atoms with E-state index in [2.05, 4.69) is 41.7 Å². The normalized spacial score (nSPS) is 10.6. The van der Waals surface area contributed by atoms with E-state index in [1.165, 1.54) is 0 Å².